The zero-order valence-corrected chi connectivity index (χ0v) is 10.8. The van der Waals surface area contributed by atoms with Gasteiger partial charge in [0, 0.05) is 19.7 Å². The Morgan fingerprint density at radius 1 is 1.39 bits per heavy atom. The van der Waals surface area contributed by atoms with Gasteiger partial charge >= 0.3 is 0 Å². The van der Waals surface area contributed by atoms with Crippen LogP contribution in [0.4, 0.5) is 4.39 Å². The lowest BCUT2D eigenvalue weighted by Gasteiger charge is -2.30. The Morgan fingerprint density at radius 2 is 2.00 bits per heavy atom. The number of ether oxygens (including phenoxy) is 1. The molecule has 0 bridgehead atoms. The highest BCUT2D eigenvalue weighted by atomic mass is 19.1. The van der Waals surface area contributed by atoms with Crippen molar-refractivity contribution in [2.45, 2.75) is 18.6 Å². The first-order valence-electron chi connectivity index (χ1n) is 5.88. The maximum absolute atomic E-state index is 12.8. The molecule has 1 aromatic rings. The molecular weight excluding hydrogens is 235 g/mol. The Morgan fingerprint density at radius 3 is 2.50 bits per heavy atom. The van der Waals surface area contributed by atoms with E-state index in [4.69, 9.17) is 10.5 Å². The van der Waals surface area contributed by atoms with E-state index < -0.39 is 0 Å². The van der Waals surface area contributed by atoms with Crippen LogP contribution in [0.25, 0.3) is 0 Å². The molecule has 0 radical (unpaired) electrons. The summed E-state index contributed by atoms with van der Waals surface area (Å²) in [6.07, 6.45) is 0. The monoisotopic (exact) mass is 256 g/mol. The first kappa shape index (κ1) is 15.0. The lowest BCUT2D eigenvalue weighted by Crippen LogP contribution is -2.50. The van der Waals surface area contributed by atoms with Crippen LogP contribution in [0.5, 0.6) is 0 Å². The first-order valence-corrected chi connectivity index (χ1v) is 5.88. The lowest BCUT2D eigenvalue weighted by molar-refractivity contribution is 0.0817. The largest absolute Gasteiger partial charge is 0.395 e. The molecule has 0 amide bonds. The fourth-order valence-corrected chi connectivity index (χ4v) is 1.90. The summed E-state index contributed by atoms with van der Waals surface area (Å²) in [7, 11) is 3.45. The minimum Gasteiger partial charge on any atom is -0.395 e. The molecular formula is C13H21FN2O2. The zero-order valence-electron chi connectivity index (χ0n) is 10.8. The standard InChI is InChI=1S/C13H21FN2O2/c1-16(13(8-17)12(15)9-18-2)7-10-3-5-11(14)6-4-10/h3-6,12-13,17H,7-9,15H2,1-2H3. The molecule has 0 fully saturated rings. The molecule has 2 atom stereocenters. The number of nitrogens with zero attached hydrogens (tertiary/aromatic N) is 1. The average Bonchev–Trinajstić information content (AvgIpc) is 2.33. The van der Waals surface area contributed by atoms with Gasteiger partial charge in [0.2, 0.25) is 0 Å². The molecule has 0 aromatic heterocycles. The van der Waals surface area contributed by atoms with Crippen LogP contribution in [-0.2, 0) is 11.3 Å². The van der Waals surface area contributed by atoms with Crippen molar-refractivity contribution in [2.24, 2.45) is 5.73 Å². The SMILES string of the molecule is COCC(N)C(CO)N(C)Cc1ccc(F)cc1. The average molecular weight is 256 g/mol. The van der Waals surface area contributed by atoms with Gasteiger partial charge in [0.15, 0.2) is 0 Å². The van der Waals surface area contributed by atoms with Crippen molar-refractivity contribution in [3.63, 3.8) is 0 Å². The first-order chi connectivity index (χ1) is 8.58. The minimum absolute atomic E-state index is 0.0395. The Balaban J connectivity index is 2.61. The normalized spacial score (nSPS) is 14.8. The summed E-state index contributed by atoms with van der Waals surface area (Å²) < 4.78 is 17.8. The summed E-state index contributed by atoms with van der Waals surface area (Å²) >= 11 is 0. The van der Waals surface area contributed by atoms with Gasteiger partial charge in [0.05, 0.1) is 19.3 Å². The number of halogens is 1. The molecule has 0 aliphatic carbocycles. The van der Waals surface area contributed by atoms with E-state index in [2.05, 4.69) is 0 Å². The van der Waals surface area contributed by atoms with Gasteiger partial charge in [-0.15, -0.1) is 0 Å². The van der Waals surface area contributed by atoms with Crippen LogP contribution in [0, 0.1) is 5.82 Å². The fourth-order valence-electron chi connectivity index (χ4n) is 1.90. The number of hydrogen-bond donors (Lipinski definition) is 2. The van der Waals surface area contributed by atoms with Gasteiger partial charge in [-0.25, -0.2) is 4.39 Å². The molecule has 1 rings (SSSR count). The molecule has 0 aliphatic rings. The Labute approximate surface area is 107 Å². The van der Waals surface area contributed by atoms with Crippen LogP contribution in [0.3, 0.4) is 0 Å². The van der Waals surface area contributed by atoms with Gasteiger partial charge in [-0.2, -0.15) is 0 Å². The molecule has 2 unspecified atom stereocenters. The summed E-state index contributed by atoms with van der Waals surface area (Å²) in [5, 5.41) is 9.38. The van der Waals surface area contributed by atoms with Crippen LogP contribution in [-0.4, -0.2) is 49.5 Å². The van der Waals surface area contributed by atoms with Gasteiger partial charge in [-0.05, 0) is 24.7 Å². The number of aliphatic hydroxyl groups is 1. The van der Waals surface area contributed by atoms with Crippen molar-refractivity contribution < 1.29 is 14.2 Å². The predicted octanol–water partition coefficient (Wildman–Crippen LogP) is 0.592. The number of methoxy groups -OCH3 is 1. The third-order valence-electron chi connectivity index (χ3n) is 2.95. The molecule has 1 aromatic carbocycles. The smallest absolute Gasteiger partial charge is 0.123 e. The van der Waals surface area contributed by atoms with Gasteiger partial charge in [0.1, 0.15) is 5.82 Å². The van der Waals surface area contributed by atoms with Crippen LogP contribution in [0.15, 0.2) is 24.3 Å². The molecule has 0 saturated carbocycles. The highest BCUT2D eigenvalue weighted by Crippen LogP contribution is 2.09. The van der Waals surface area contributed by atoms with Gasteiger partial charge in [-0.3, -0.25) is 4.90 Å². The van der Waals surface area contributed by atoms with Gasteiger partial charge in [-0.1, -0.05) is 12.1 Å². The van der Waals surface area contributed by atoms with Crippen molar-refractivity contribution in [1.29, 1.82) is 0 Å². The van der Waals surface area contributed by atoms with E-state index in [1.807, 2.05) is 11.9 Å². The summed E-state index contributed by atoms with van der Waals surface area (Å²) in [4.78, 5) is 1.94. The van der Waals surface area contributed by atoms with Crippen LogP contribution >= 0.6 is 0 Å². The highest BCUT2D eigenvalue weighted by Gasteiger charge is 2.21. The van der Waals surface area contributed by atoms with E-state index in [1.54, 1.807) is 19.2 Å². The predicted molar refractivity (Wildman–Crippen MR) is 68.6 cm³/mol. The molecule has 0 saturated heterocycles. The summed E-state index contributed by atoms with van der Waals surface area (Å²) in [5.74, 6) is -0.254. The number of rotatable bonds is 7. The summed E-state index contributed by atoms with van der Waals surface area (Å²) in [5.41, 5.74) is 6.91. The van der Waals surface area contributed by atoms with E-state index in [-0.39, 0.29) is 24.5 Å². The molecule has 18 heavy (non-hydrogen) atoms. The molecule has 0 heterocycles. The molecule has 5 heteroatoms. The van der Waals surface area contributed by atoms with Gasteiger partial charge < -0.3 is 15.6 Å². The van der Waals surface area contributed by atoms with E-state index in [1.165, 1.54) is 12.1 Å². The van der Waals surface area contributed by atoms with Gasteiger partial charge in [0.25, 0.3) is 0 Å². The second-order valence-corrected chi connectivity index (χ2v) is 4.41. The Hall–Kier alpha value is -1.01. The number of aliphatic hydroxyl groups excluding tert-OH is 1. The highest BCUT2D eigenvalue weighted by molar-refractivity contribution is 5.16. The van der Waals surface area contributed by atoms with Crippen LogP contribution < -0.4 is 5.73 Å². The molecule has 0 spiro atoms. The molecule has 102 valence electrons. The van der Waals surface area contributed by atoms with Crippen LogP contribution in [0.2, 0.25) is 0 Å². The maximum atomic E-state index is 12.8. The van der Waals surface area contributed by atoms with E-state index in [0.29, 0.717) is 13.2 Å². The van der Waals surface area contributed by atoms with Crippen molar-refractivity contribution in [2.75, 3.05) is 27.4 Å². The number of hydrogen-bond acceptors (Lipinski definition) is 4. The van der Waals surface area contributed by atoms with E-state index in [9.17, 15) is 9.50 Å². The third kappa shape index (κ3) is 4.34. The quantitative estimate of drug-likeness (QED) is 0.750. The second-order valence-electron chi connectivity index (χ2n) is 4.41. The maximum Gasteiger partial charge on any atom is 0.123 e. The summed E-state index contributed by atoms with van der Waals surface area (Å²) in [6, 6.07) is 5.85. The Bertz CT molecular complexity index is 345. The zero-order chi connectivity index (χ0) is 13.5. The number of likely N-dealkylation sites (N-methyl/N-ethyl adjacent to an activating group) is 1. The third-order valence-corrected chi connectivity index (χ3v) is 2.95. The summed E-state index contributed by atoms with van der Waals surface area (Å²) in [6.45, 7) is 0.949. The topological polar surface area (TPSA) is 58.7 Å². The minimum atomic E-state index is -0.259. The Kier molecular flexibility index (Phi) is 6.21. The van der Waals surface area contributed by atoms with E-state index >= 15 is 0 Å². The van der Waals surface area contributed by atoms with E-state index in [0.717, 1.165) is 5.56 Å². The molecule has 3 N–H and O–H groups in total. The lowest BCUT2D eigenvalue weighted by atomic mass is 10.1. The number of benzene rings is 1. The van der Waals surface area contributed by atoms with Crippen molar-refractivity contribution in [3.8, 4) is 0 Å². The number of nitrogens with two attached hydrogens (primary N) is 1. The van der Waals surface area contributed by atoms with Crippen molar-refractivity contribution >= 4 is 0 Å². The molecule has 4 nitrogen and oxygen atoms in total. The van der Waals surface area contributed by atoms with Crippen LogP contribution in [0.1, 0.15) is 5.56 Å². The van der Waals surface area contributed by atoms with Crippen molar-refractivity contribution in [1.82, 2.24) is 4.90 Å². The van der Waals surface area contributed by atoms with Crippen molar-refractivity contribution in [3.05, 3.63) is 35.6 Å². The molecule has 0 aliphatic heterocycles. The fraction of sp³-hybridized carbons (Fsp3) is 0.538. The second kappa shape index (κ2) is 7.43.